The molecule has 1 aromatic carbocycles. The third kappa shape index (κ3) is 2.44. The molecule has 0 amide bonds. The minimum Gasteiger partial charge on any atom is -0.313 e. The van der Waals surface area contributed by atoms with E-state index < -0.39 is 4.75 Å². The second-order valence-electron chi connectivity index (χ2n) is 6.00. The Kier molecular flexibility index (Phi) is 4.00. The Hall–Kier alpha value is -1.74. The van der Waals surface area contributed by atoms with E-state index in [0.717, 1.165) is 24.2 Å². The highest BCUT2D eigenvalue weighted by Crippen LogP contribution is 2.46. The summed E-state index contributed by atoms with van der Waals surface area (Å²) in [6, 6.07) is 12.2. The average Bonchev–Trinajstić information content (AvgIpc) is 2.97. The molecule has 1 atom stereocenters. The zero-order valence-electron chi connectivity index (χ0n) is 13.3. The Morgan fingerprint density at radius 1 is 1.23 bits per heavy atom. The van der Waals surface area contributed by atoms with Gasteiger partial charge in [0, 0.05) is 11.1 Å². The van der Waals surface area contributed by atoms with Crippen LogP contribution in [0.3, 0.4) is 0 Å². The van der Waals surface area contributed by atoms with Crippen LogP contribution in [0.5, 0.6) is 0 Å². The van der Waals surface area contributed by atoms with Gasteiger partial charge in [0.15, 0.2) is 5.78 Å². The molecule has 22 heavy (non-hydrogen) atoms. The highest BCUT2D eigenvalue weighted by molar-refractivity contribution is 8.01. The second kappa shape index (κ2) is 5.81. The van der Waals surface area contributed by atoms with Crippen molar-refractivity contribution in [3.05, 3.63) is 59.9 Å². The van der Waals surface area contributed by atoms with Crippen molar-refractivity contribution in [2.24, 2.45) is 0 Å². The van der Waals surface area contributed by atoms with E-state index in [1.54, 1.807) is 11.8 Å². The first-order valence-electron chi connectivity index (χ1n) is 7.71. The van der Waals surface area contributed by atoms with Gasteiger partial charge < -0.3 is 4.57 Å². The lowest BCUT2D eigenvalue weighted by molar-refractivity contribution is 0.0935. The van der Waals surface area contributed by atoms with Gasteiger partial charge in [0.05, 0.1) is 16.1 Å². The Labute approximate surface area is 136 Å². The lowest BCUT2D eigenvalue weighted by atomic mass is 9.93. The molecule has 1 aromatic heterocycles. The van der Waals surface area contributed by atoms with Crippen molar-refractivity contribution < 1.29 is 4.79 Å². The maximum absolute atomic E-state index is 13.3. The maximum Gasteiger partial charge on any atom is 0.196 e. The van der Waals surface area contributed by atoms with Gasteiger partial charge in [-0.15, -0.1) is 11.8 Å². The highest BCUT2D eigenvalue weighted by Gasteiger charge is 2.41. The topological polar surface area (TPSA) is 22.0 Å². The summed E-state index contributed by atoms with van der Waals surface area (Å²) in [5.41, 5.74) is 3.16. The molecule has 3 heteroatoms. The number of carbonyl (C=O) groups is 1. The molecule has 2 nitrogen and oxygen atoms in total. The zero-order valence-corrected chi connectivity index (χ0v) is 14.1. The average molecular weight is 311 g/mol. The molecule has 1 unspecified atom stereocenters. The van der Waals surface area contributed by atoms with Gasteiger partial charge in [-0.25, -0.2) is 0 Å². The van der Waals surface area contributed by atoms with Crippen LogP contribution < -0.4 is 0 Å². The Balaban J connectivity index is 2.19. The van der Waals surface area contributed by atoms with Gasteiger partial charge in [0.25, 0.3) is 0 Å². The standard InChI is InChI=1S/C19H21NOS/c1-4-19(12-11-14(2)3)18(21)16-9-7-13-20(16)15-8-5-6-10-17(15)22-19/h5-11,13H,4,12H2,1-3H3. The number of hydrogen-bond acceptors (Lipinski definition) is 2. The summed E-state index contributed by atoms with van der Waals surface area (Å²) in [6.45, 7) is 6.29. The van der Waals surface area contributed by atoms with Crippen molar-refractivity contribution in [1.82, 2.24) is 4.57 Å². The van der Waals surface area contributed by atoms with E-state index in [1.165, 1.54) is 10.5 Å². The number of allylic oxidation sites excluding steroid dienone is 2. The number of hydrogen-bond donors (Lipinski definition) is 0. The van der Waals surface area contributed by atoms with Crippen LogP contribution in [0.15, 0.2) is 59.1 Å². The largest absolute Gasteiger partial charge is 0.313 e. The van der Waals surface area contributed by atoms with Gasteiger partial charge in [-0.05, 0) is 51.0 Å². The minimum absolute atomic E-state index is 0.235. The number of ketones is 1. The van der Waals surface area contributed by atoms with E-state index in [0.29, 0.717) is 0 Å². The van der Waals surface area contributed by atoms with Crippen LogP contribution in [0.25, 0.3) is 5.69 Å². The SMILES string of the molecule is CCC1(CC=C(C)C)Sc2ccccc2-n2cccc2C1=O. The van der Waals surface area contributed by atoms with Crippen LogP contribution in [0.4, 0.5) is 0 Å². The van der Waals surface area contributed by atoms with E-state index in [9.17, 15) is 4.79 Å². The van der Waals surface area contributed by atoms with Crippen molar-refractivity contribution in [3.63, 3.8) is 0 Å². The monoisotopic (exact) mass is 311 g/mol. The van der Waals surface area contributed by atoms with Gasteiger partial charge in [-0.3, -0.25) is 4.79 Å². The van der Waals surface area contributed by atoms with Gasteiger partial charge in [0.2, 0.25) is 0 Å². The second-order valence-corrected chi connectivity index (χ2v) is 7.42. The molecule has 0 bridgehead atoms. The van der Waals surface area contributed by atoms with Crippen molar-refractivity contribution in [3.8, 4) is 5.69 Å². The molecule has 0 aliphatic carbocycles. The molecule has 0 radical (unpaired) electrons. The van der Waals surface area contributed by atoms with Gasteiger partial charge in [-0.1, -0.05) is 30.7 Å². The zero-order chi connectivity index (χ0) is 15.7. The summed E-state index contributed by atoms with van der Waals surface area (Å²) in [7, 11) is 0. The van der Waals surface area contributed by atoms with Crippen LogP contribution in [-0.2, 0) is 0 Å². The summed E-state index contributed by atoms with van der Waals surface area (Å²) in [5, 5.41) is 0. The summed E-state index contributed by atoms with van der Waals surface area (Å²) in [5.74, 6) is 0.235. The molecule has 114 valence electrons. The fourth-order valence-electron chi connectivity index (χ4n) is 2.89. The first-order chi connectivity index (χ1) is 10.6. The molecule has 2 aromatic rings. The number of benzene rings is 1. The molecule has 3 rings (SSSR count). The van der Waals surface area contributed by atoms with Crippen LogP contribution >= 0.6 is 11.8 Å². The predicted octanol–water partition coefficient (Wildman–Crippen LogP) is 5.27. The number of carbonyl (C=O) groups excluding carboxylic acids is 1. The van der Waals surface area contributed by atoms with E-state index in [2.05, 4.69) is 39.0 Å². The number of thioether (sulfide) groups is 1. The summed E-state index contributed by atoms with van der Waals surface area (Å²) in [4.78, 5) is 14.4. The normalized spacial score (nSPS) is 20.0. The van der Waals surface area contributed by atoms with Crippen molar-refractivity contribution >= 4 is 17.5 Å². The van der Waals surface area contributed by atoms with Gasteiger partial charge in [0.1, 0.15) is 0 Å². The lowest BCUT2D eigenvalue weighted by Crippen LogP contribution is -2.34. The quantitative estimate of drug-likeness (QED) is 0.720. The molecule has 0 saturated carbocycles. The Morgan fingerprint density at radius 3 is 2.73 bits per heavy atom. The number of Topliss-reactive ketones (excluding diaryl/α,β-unsaturated/α-hetero) is 1. The van der Waals surface area contributed by atoms with Crippen LogP contribution in [-0.4, -0.2) is 15.1 Å². The predicted molar refractivity (Wildman–Crippen MR) is 93.0 cm³/mol. The first kappa shape index (κ1) is 15.2. The fraction of sp³-hybridized carbons (Fsp3) is 0.316. The molecule has 1 aliphatic rings. The van der Waals surface area contributed by atoms with Crippen LogP contribution in [0.1, 0.15) is 44.1 Å². The summed E-state index contributed by atoms with van der Waals surface area (Å²) >= 11 is 1.72. The Bertz CT molecular complexity index is 739. The molecule has 2 heterocycles. The number of aromatic nitrogens is 1. The van der Waals surface area contributed by atoms with E-state index in [4.69, 9.17) is 0 Å². The molecule has 0 saturated heterocycles. The summed E-state index contributed by atoms with van der Waals surface area (Å²) < 4.78 is 1.62. The third-order valence-electron chi connectivity index (χ3n) is 4.24. The van der Waals surface area contributed by atoms with Crippen molar-refractivity contribution in [1.29, 1.82) is 0 Å². The Morgan fingerprint density at radius 2 is 2.00 bits per heavy atom. The first-order valence-corrected chi connectivity index (χ1v) is 8.53. The highest BCUT2D eigenvalue weighted by atomic mass is 32.2. The number of para-hydroxylation sites is 1. The molecule has 0 fully saturated rings. The van der Waals surface area contributed by atoms with Gasteiger partial charge >= 0.3 is 0 Å². The van der Waals surface area contributed by atoms with Crippen molar-refractivity contribution in [2.45, 2.75) is 43.3 Å². The van der Waals surface area contributed by atoms with Gasteiger partial charge in [-0.2, -0.15) is 0 Å². The third-order valence-corrected chi connectivity index (χ3v) is 5.83. The molecular formula is C19H21NOS. The number of nitrogens with zero attached hydrogens (tertiary/aromatic N) is 1. The molecular weight excluding hydrogens is 290 g/mol. The molecule has 0 spiro atoms. The van der Waals surface area contributed by atoms with Crippen LogP contribution in [0.2, 0.25) is 0 Å². The molecule has 1 aliphatic heterocycles. The summed E-state index contributed by atoms with van der Waals surface area (Å²) in [6.07, 6.45) is 5.77. The van der Waals surface area contributed by atoms with E-state index >= 15 is 0 Å². The lowest BCUT2D eigenvalue weighted by Gasteiger charge is -2.28. The minimum atomic E-state index is -0.417. The smallest absolute Gasteiger partial charge is 0.196 e. The number of rotatable bonds is 3. The van der Waals surface area contributed by atoms with Crippen molar-refractivity contribution in [2.75, 3.05) is 0 Å². The van der Waals surface area contributed by atoms with E-state index in [1.807, 2.05) is 35.0 Å². The number of fused-ring (bicyclic) bond motifs is 3. The maximum atomic E-state index is 13.3. The fourth-order valence-corrected chi connectivity index (χ4v) is 4.24. The van der Waals surface area contributed by atoms with E-state index in [-0.39, 0.29) is 5.78 Å². The molecule has 0 N–H and O–H groups in total. The van der Waals surface area contributed by atoms with Crippen LogP contribution in [0, 0.1) is 0 Å².